The highest BCUT2D eigenvalue weighted by Crippen LogP contribution is 2.41. The van der Waals surface area contributed by atoms with E-state index in [9.17, 15) is 4.79 Å². The number of hydrogen-bond donors (Lipinski definition) is 3. The topological polar surface area (TPSA) is 99.3 Å². The van der Waals surface area contributed by atoms with Crippen LogP contribution in [0.25, 0.3) is 0 Å². The normalized spacial score (nSPS) is 15.2. The Morgan fingerprint density at radius 2 is 1.55 bits per heavy atom. The Bertz CT molecular complexity index is 1080. The quantitative estimate of drug-likeness (QED) is 0.499. The summed E-state index contributed by atoms with van der Waals surface area (Å²) in [5.74, 6) is 2.13. The maximum absolute atomic E-state index is 13.5. The summed E-state index contributed by atoms with van der Waals surface area (Å²) in [6.45, 7) is 1.79. The van der Waals surface area contributed by atoms with Gasteiger partial charge < -0.3 is 39.6 Å². The van der Waals surface area contributed by atoms with Crippen LogP contribution in [0.15, 0.2) is 41.6 Å². The Labute approximate surface area is 198 Å². The highest BCUT2D eigenvalue weighted by atomic mass is 32.1. The number of amides is 1. The molecule has 0 radical (unpaired) electrons. The first-order valence-corrected chi connectivity index (χ1v) is 10.4. The molecule has 176 valence electrons. The third-order valence-electron chi connectivity index (χ3n) is 5.19. The van der Waals surface area contributed by atoms with E-state index in [0.717, 1.165) is 0 Å². The molecule has 0 aromatic heterocycles. The second-order valence-corrected chi connectivity index (χ2v) is 7.46. The second kappa shape index (κ2) is 10.3. The lowest BCUT2D eigenvalue weighted by Crippen LogP contribution is -2.45. The predicted molar refractivity (Wildman–Crippen MR) is 129 cm³/mol. The standard InChI is InChI=1S/C23H27N3O6S/c1-12-19(22(27)25-15-8-7-14(28-2)11-16(15)29-3)20(26-23(33)24-12)13-9-17(30-4)21(32-6)18(10-13)31-5/h7-11,20H,1-6H3,(H,25,27)(H2,24,26,33). The molecule has 0 bridgehead atoms. The van der Waals surface area contributed by atoms with Crippen molar-refractivity contribution < 1.29 is 28.5 Å². The van der Waals surface area contributed by atoms with Crippen molar-refractivity contribution in [1.82, 2.24) is 10.6 Å². The van der Waals surface area contributed by atoms with E-state index in [2.05, 4.69) is 16.0 Å². The number of nitrogens with one attached hydrogen (secondary N) is 3. The monoisotopic (exact) mass is 473 g/mol. The summed E-state index contributed by atoms with van der Waals surface area (Å²) < 4.78 is 27.0. The largest absolute Gasteiger partial charge is 0.497 e. The molecule has 33 heavy (non-hydrogen) atoms. The molecule has 9 nitrogen and oxygen atoms in total. The van der Waals surface area contributed by atoms with Gasteiger partial charge in [-0.1, -0.05) is 0 Å². The predicted octanol–water partition coefficient (Wildman–Crippen LogP) is 3.16. The van der Waals surface area contributed by atoms with Crippen LogP contribution < -0.4 is 39.6 Å². The summed E-state index contributed by atoms with van der Waals surface area (Å²) in [5.41, 5.74) is 2.26. The van der Waals surface area contributed by atoms with Gasteiger partial charge in [-0.05, 0) is 49.0 Å². The molecule has 1 unspecified atom stereocenters. The minimum absolute atomic E-state index is 0.336. The molecule has 1 heterocycles. The molecule has 10 heteroatoms. The maximum atomic E-state index is 13.5. The summed E-state index contributed by atoms with van der Waals surface area (Å²) in [6, 6.07) is 8.14. The molecule has 1 aliphatic heterocycles. The average molecular weight is 474 g/mol. The Morgan fingerprint density at radius 1 is 0.909 bits per heavy atom. The number of hydrogen-bond acceptors (Lipinski definition) is 7. The number of carbonyl (C=O) groups is 1. The van der Waals surface area contributed by atoms with Crippen LogP contribution in [0.3, 0.4) is 0 Å². The SMILES string of the molecule is COc1ccc(NC(=O)C2=C(C)NC(=S)NC2c2cc(OC)c(OC)c(OC)c2)c(OC)c1. The van der Waals surface area contributed by atoms with Gasteiger partial charge in [-0.2, -0.15) is 0 Å². The molecule has 0 spiro atoms. The fraction of sp³-hybridized carbons (Fsp3) is 0.304. The van der Waals surface area contributed by atoms with E-state index in [-0.39, 0.29) is 5.91 Å². The maximum Gasteiger partial charge on any atom is 0.255 e. The van der Waals surface area contributed by atoms with Crippen molar-refractivity contribution in [1.29, 1.82) is 0 Å². The molecule has 2 aromatic carbocycles. The number of thiocarbonyl (C=S) groups is 1. The van der Waals surface area contributed by atoms with Gasteiger partial charge in [0, 0.05) is 11.8 Å². The van der Waals surface area contributed by atoms with Crippen molar-refractivity contribution in [3.63, 3.8) is 0 Å². The molecule has 1 aliphatic rings. The van der Waals surface area contributed by atoms with Crippen LogP contribution in [-0.2, 0) is 4.79 Å². The second-order valence-electron chi connectivity index (χ2n) is 7.05. The lowest BCUT2D eigenvalue weighted by atomic mass is 9.94. The van der Waals surface area contributed by atoms with Crippen LogP contribution in [0.5, 0.6) is 28.7 Å². The average Bonchev–Trinajstić information content (AvgIpc) is 2.82. The zero-order valence-corrected chi connectivity index (χ0v) is 20.1. The zero-order chi connectivity index (χ0) is 24.1. The molecule has 0 saturated heterocycles. The number of ether oxygens (including phenoxy) is 5. The molecule has 1 amide bonds. The summed E-state index contributed by atoms with van der Waals surface area (Å²) in [6.07, 6.45) is 0. The van der Waals surface area contributed by atoms with E-state index in [1.807, 2.05) is 0 Å². The minimum atomic E-state index is -0.573. The smallest absolute Gasteiger partial charge is 0.255 e. The summed E-state index contributed by atoms with van der Waals surface area (Å²) >= 11 is 5.36. The van der Waals surface area contributed by atoms with Gasteiger partial charge in [0.15, 0.2) is 16.6 Å². The summed E-state index contributed by atoms with van der Waals surface area (Å²) in [4.78, 5) is 13.5. The van der Waals surface area contributed by atoms with Gasteiger partial charge in [-0.25, -0.2) is 0 Å². The number of benzene rings is 2. The van der Waals surface area contributed by atoms with Crippen molar-refractivity contribution in [2.45, 2.75) is 13.0 Å². The summed E-state index contributed by atoms with van der Waals surface area (Å²) in [5, 5.41) is 9.50. The van der Waals surface area contributed by atoms with Crippen molar-refractivity contribution in [2.24, 2.45) is 0 Å². The van der Waals surface area contributed by atoms with E-state index in [4.69, 9.17) is 35.9 Å². The summed E-state index contributed by atoms with van der Waals surface area (Å²) in [7, 11) is 7.68. The molecule has 1 atom stereocenters. The lowest BCUT2D eigenvalue weighted by molar-refractivity contribution is -0.113. The number of methoxy groups -OCH3 is 5. The van der Waals surface area contributed by atoms with E-state index < -0.39 is 6.04 Å². The Morgan fingerprint density at radius 3 is 2.09 bits per heavy atom. The molecular formula is C23H27N3O6S. The van der Waals surface area contributed by atoms with Crippen molar-refractivity contribution in [2.75, 3.05) is 40.9 Å². The number of carbonyl (C=O) groups excluding carboxylic acids is 1. The van der Waals surface area contributed by atoms with Gasteiger partial charge >= 0.3 is 0 Å². The van der Waals surface area contributed by atoms with Crippen LogP contribution in [0.2, 0.25) is 0 Å². The fourth-order valence-electron chi connectivity index (χ4n) is 3.60. The van der Waals surface area contributed by atoms with E-state index >= 15 is 0 Å². The Hall–Kier alpha value is -3.66. The van der Waals surface area contributed by atoms with Crippen LogP contribution >= 0.6 is 12.2 Å². The van der Waals surface area contributed by atoms with Crippen LogP contribution in [0, 0.1) is 0 Å². The molecule has 0 saturated carbocycles. The van der Waals surface area contributed by atoms with Crippen molar-refractivity contribution in [3.8, 4) is 28.7 Å². The first-order chi connectivity index (χ1) is 15.9. The van der Waals surface area contributed by atoms with Crippen LogP contribution in [0.1, 0.15) is 18.5 Å². The molecule has 0 fully saturated rings. The highest BCUT2D eigenvalue weighted by molar-refractivity contribution is 7.80. The third kappa shape index (κ3) is 4.90. The van der Waals surface area contributed by atoms with Gasteiger partial charge in [0.25, 0.3) is 5.91 Å². The van der Waals surface area contributed by atoms with E-state index in [1.165, 1.54) is 28.4 Å². The van der Waals surface area contributed by atoms with Gasteiger partial charge in [-0.3, -0.25) is 4.79 Å². The zero-order valence-electron chi connectivity index (χ0n) is 19.3. The molecule has 3 N–H and O–H groups in total. The van der Waals surface area contributed by atoms with E-state index in [1.54, 1.807) is 44.4 Å². The first-order valence-electron chi connectivity index (χ1n) is 9.98. The van der Waals surface area contributed by atoms with Crippen LogP contribution in [0.4, 0.5) is 5.69 Å². The Kier molecular flexibility index (Phi) is 7.49. The number of anilines is 1. The van der Waals surface area contributed by atoms with Gasteiger partial charge in [0.2, 0.25) is 5.75 Å². The van der Waals surface area contributed by atoms with Crippen LogP contribution in [-0.4, -0.2) is 46.6 Å². The minimum Gasteiger partial charge on any atom is -0.497 e. The lowest BCUT2D eigenvalue weighted by Gasteiger charge is -2.31. The van der Waals surface area contributed by atoms with Gasteiger partial charge in [-0.15, -0.1) is 0 Å². The number of allylic oxidation sites excluding steroid dienone is 1. The van der Waals surface area contributed by atoms with Gasteiger partial charge in [0.05, 0.1) is 52.9 Å². The Balaban J connectivity index is 2.04. The molecule has 2 aromatic rings. The molecule has 3 rings (SSSR count). The van der Waals surface area contributed by atoms with Crippen molar-refractivity contribution in [3.05, 3.63) is 47.2 Å². The van der Waals surface area contributed by atoms with E-state index in [0.29, 0.717) is 56.4 Å². The fourth-order valence-corrected chi connectivity index (χ4v) is 3.88. The highest BCUT2D eigenvalue weighted by Gasteiger charge is 2.32. The first kappa shape index (κ1) is 24.0. The van der Waals surface area contributed by atoms with Crippen molar-refractivity contribution >= 4 is 28.9 Å². The molecule has 0 aliphatic carbocycles. The van der Waals surface area contributed by atoms with Gasteiger partial charge in [0.1, 0.15) is 11.5 Å². The number of rotatable bonds is 8. The third-order valence-corrected chi connectivity index (χ3v) is 5.41. The molecular weight excluding hydrogens is 446 g/mol.